The molecule has 0 spiro atoms. The summed E-state index contributed by atoms with van der Waals surface area (Å²) in [4.78, 5) is 11.5. The Hall–Kier alpha value is -2.37. The highest BCUT2D eigenvalue weighted by Crippen LogP contribution is 2.25. The summed E-state index contributed by atoms with van der Waals surface area (Å²) in [5.74, 6) is 0.302. The normalized spacial score (nSPS) is 11.8. The molecule has 3 N–H and O–H groups in total. The van der Waals surface area contributed by atoms with Gasteiger partial charge in [0, 0.05) is 5.69 Å². The van der Waals surface area contributed by atoms with Crippen LogP contribution in [0.4, 0.5) is 5.69 Å². The van der Waals surface area contributed by atoms with E-state index in [1.807, 2.05) is 36.4 Å². The van der Waals surface area contributed by atoms with Gasteiger partial charge < -0.3 is 20.3 Å². The van der Waals surface area contributed by atoms with Gasteiger partial charge in [0.2, 0.25) is 5.91 Å². The fourth-order valence-corrected chi connectivity index (χ4v) is 2.28. The van der Waals surface area contributed by atoms with Gasteiger partial charge in [0.15, 0.2) is 0 Å². The number of anilines is 1. The average molecular weight is 315 g/mol. The van der Waals surface area contributed by atoms with Gasteiger partial charge in [-0.05, 0) is 48.2 Å². The minimum absolute atomic E-state index is 0.483. The summed E-state index contributed by atoms with van der Waals surface area (Å²) in [5.41, 5.74) is 3.27. The first-order valence-electron chi connectivity index (χ1n) is 7.38. The summed E-state index contributed by atoms with van der Waals surface area (Å²) in [6.07, 6.45) is -0.0136. The lowest BCUT2D eigenvalue weighted by Crippen LogP contribution is -2.17. The molecule has 0 aromatic heterocycles. The summed E-state index contributed by atoms with van der Waals surface area (Å²) in [7, 11) is 1.62. The third-order valence-electron chi connectivity index (χ3n) is 3.59. The van der Waals surface area contributed by atoms with Gasteiger partial charge >= 0.3 is 0 Å². The zero-order valence-electron chi connectivity index (χ0n) is 13.2. The Balaban J connectivity index is 2.29. The van der Waals surface area contributed by atoms with Gasteiger partial charge in [0.1, 0.15) is 12.4 Å². The SMILES string of the molecule is COc1ccc(Cc2ccc(C(C)O)cc2NC(=O)CO)cc1. The van der Waals surface area contributed by atoms with Crippen LogP contribution in [0.15, 0.2) is 42.5 Å². The fourth-order valence-electron chi connectivity index (χ4n) is 2.28. The molecule has 23 heavy (non-hydrogen) atoms. The third kappa shape index (κ3) is 4.55. The zero-order valence-corrected chi connectivity index (χ0v) is 13.2. The van der Waals surface area contributed by atoms with E-state index in [4.69, 9.17) is 9.84 Å². The number of hydrogen-bond donors (Lipinski definition) is 3. The van der Waals surface area contributed by atoms with Crippen molar-refractivity contribution >= 4 is 11.6 Å². The smallest absolute Gasteiger partial charge is 0.250 e. The van der Waals surface area contributed by atoms with Crippen molar-refractivity contribution in [2.75, 3.05) is 19.0 Å². The number of ether oxygens (including phenoxy) is 1. The molecular formula is C18H21NO4. The number of aliphatic hydroxyl groups is 2. The maximum absolute atomic E-state index is 11.5. The van der Waals surface area contributed by atoms with E-state index >= 15 is 0 Å². The molecule has 1 amide bonds. The molecule has 1 unspecified atom stereocenters. The molecular weight excluding hydrogens is 294 g/mol. The topological polar surface area (TPSA) is 78.8 Å². The van der Waals surface area contributed by atoms with Crippen molar-refractivity contribution in [3.05, 3.63) is 59.2 Å². The molecule has 0 aliphatic carbocycles. The molecule has 5 nitrogen and oxygen atoms in total. The summed E-state index contributed by atoms with van der Waals surface area (Å²) >= 11 is 0. The van der Waals surface area contributed by atoms with Crippen molar-refractivity contribution in [3.63, 3.8) is 0 Å². The second-order valence-electron chi connectivity index (χ2n) is 5.32. The maximum atomic E-state index is 11.5. The van der Waals surface area contributed by atoms with Crippen LogP contribution in [0.25, 0.3) is 0 Å². The van der Waals surface area contributed by atoms with E-state index in [0.29, 0.717) is 17.7 Å². The minimum Gasteiger partial charge on any atom is -0.497 e. The number of hydrogen-bond acceptors (Lipinski definition) is 4. The Morgan fingerprint density at radius 2 is 1.91 bits per heavy atom. The predicted octanol–water partition coefficient (Wildman–Crippen LogP) is 2.27. The van der Waals surface area contributed by atoms with E-state index in [1.54, 1.807) is 20.1 Å². The van der Waals surface area contributed by atoms with Crippen LogP contribution in [-0.4, -0.2) is 29.8 Å². The highest BCUT2D eigenvalue weighted by Gasteiger charge is 2.10. The lowest BCUT2D eigenvalue weighted by Gasteiger charge is -2.14. The molecule has 0 aliphatic rings. The van der Waals surface area contributed by atoms with Crippen LogP contribution in [-0.2, 0) is 11.2 Å². The number of carbonyl (C=O) groups is 1. The van der Waals surface area contributed by atoms with Crippen molar-refractivity contribution in [2.24, 2.45) is 0 Å². The van der Waals surface area contributed by atoms with E-state index in [9.17, 15) is 9.90 Å². The van der Waals surface area contributed by atoms with E-state index < -0.39 is 18.6 Å². The molecule has 2 rings (SSSR count). The van der Waals surface area contributed by atoms with Crippen LogP contribution >= 0.6 is 0 Å². The molecule has 0 saturated heterocycles. The van der Waals surface area contributed by atoms with Crippen LogP contribution in [0.1, 0.15) is 29.7 Å². The number of amides is 1. The maximum Gasteiger partial charge on any atom is 0.250 e. The van der Waals surface area contributed by atoms with Crippen molar-refractivity contribution in [1.82, 2.24) is 0 Å². The molecule has 0 saturated carbocycles. The van der Waals surface area contributed by atoms with Gasteiger partial charge in [0.25, 0.3) is 0 Å². The van der Waals surface area contributed by atoms with Crippen LogP contribution in [0.3, 0.4) is 0 Å². The van der Waals surface area contributed by atoms with Crippen molar-refractivity contribution in [2.45, 2.75) is 19.4 Å². The van der Waals surface area contributed by atoms with Crippen LogP contribution in [0.2, 0.25) is 0 Å². The van der Waals surface area contributed by atoms with Crippen LogP contribution in [0.5, 0.6) is 5.75 Å². The summed E-state index contributed by atoms with van der Waals surface area (Å²) < 4.78 is 5.14. The highest BCUT2D eigenvalue weighted by molar-refractivity contribution is 5.92. The Kier molecular flexibility index (Phi) is 5.73. The molecule has 2 aromatic rings. The quantitative estimate of drug-likeness (QED) is 0.764. The Bertz CT molecular complexity index is 665. The number of carbonyl (C=O) groups excluding carboxylic acids is 1. The van der Waals surface area contributed by atoms with Gasteiger partial charge in [-0.25, -0.2) is 0 Å². The Morgan fingerprint density at radius 1 is 1.22 bits per heavy atom. The highest BCUT2D eigenvalue weighted by atomic mass is 16.5. The van der Waals surface area contributed by atoms with Gasteiger partial charge in [-0.1, -0.05) is 24.3 Å². The number of benzene rings is 2. The van der Waals surface area contributed by atoms with E-state index in [-0.39, 0.29) is 0 Å². The molecule has 0 bridgehead atoms. The molecule has 2 aromatic carbocycles. The zero-order chi connectivity index (χ0) is 16.8. The molecule has 0 aliphatic heterocycles. The lowest BCUT2D eigenvalue weighted by molar-refractivity contribution is -0.118. The predicted molar refractivity (Wildman–Crippen MR) is 88.6 cm³/mol. The molecule has 122 valence electrons. The van der Waals surface area contributed by atoms with Gasteiger partial charge in [-0.2, -0.15) is 0 Å². The molecule has 1 atom stereocenters. The summed E-state index contributed by atoms with van der Waals surface area (Å²) in [5, 5.41) is 21.3. The average Bonchev–Trinajstić information content (AvgIpc) is 2.56. The molecule has 0 fully saturated rings. The second-order valence-corrected chi connectivity index (χ2v) is 5.32. The summed E-state index contributed by atoms with van der Waals surface area (Å²) in [6, 6.07) is 13.1. The fraction of sp³-hybridized carbons (Fsp3) is 0.278. The number of aliphatic hydroxyl groups excluding tert-OH is 2. The first-order valence-corrected chi connectivity index (χ1v) is 7.38. The first-order chi connectivity index (χ1) is 11.0. The molecule has 0 heterocycles. The number of rotatable bonds is 6. The number of methoxy groups -OCH3 is 1. The van der Waals surface area contributed by atoms with Gasteiger partial charge in [0.05, 0.1) is 13.2 Å². The minimum atomic E-state index is -0.630. The van der Waals surface area contributed by atoms with Crippen molar-refractivity contribution in [3.8, 4) is 5.75 Å². The van der Waals surface area contributed by atoms with Crippen molar-refractivity contribution in [1.29, 1.82) is 0 Å². The summed E-state index contributed by atoms with van der Waals surface area (Å²) in [6.45, 7) is 1.08. The third-order valence-corrected chi connectivity index (χ3v) is 3.59. The number of nitrogens with one attached hydrogen (secondary N) is 1. The Labute approximate surface area is 135 Å². The lowest BCUT2D eigenvalue weighted by atomic mass is 9.99. The van der Waals surface area contributed by atoms with E-state index in [0.717, 1.165) is 16.9 Å². The standard InChI is InChI=1S/C18H21NO4/c1-12(21)14-5-6-15(17(10-14)19-18(22)11-20)9-13-3-7-16(23-2)8-4-13/h3-8,10,12,20-21H,9,11H2,1-2H3,(H,19,22). The molecule has 5 heteroatoms. The van der Waals surface area contributed by atoms with Gasteiger partial charge in [-0.15, -0.1) is 0 Å². The first kappa shape index (κ1) is 17.0. The van der Waals surface area contributed by atoms with Crippen LogP contribution < -0.4 is 10.1 Å². The monoisotopic (exact) mass is 315 g/mol. The van der Waals surface area contributed by atoms with Crippen LogP contribution in [0, 0.1) is 0 Å². The molecule has 0 radical (unpaired) electrons. The van der Waals surface area contributed by atoms with Gasteiger partial charge in [-0.3, -0.25) is 4.79 Å². The van der Waals surface area contributed by atoms with E-state index in [2.05, 4.69) is 5.32 Å². The second kappa shape index (κ2) is 7.76. The van der Waals surface area contributed by atoms with E-state index in [1.165, 1.54) is 0 Å². The largest absolute Gasteiger partial charge is 0.497 e. The Morgan fingerprint density at radius 3 is 2.48 bits per heavy atom. The van der Waals surface area contributed by atoms with Crippen molar-refractivity contribution < 1.29 is 19.7 Å².